The number of benzene rings is 3. The van der Waals surface area contributed by atoms with Gasteiger partial charge in [0, 0.05) is 17.3 Å². The molecule has 0 saturated heterocycles. The molecule has 0 fully saturated rings. The van der Waals surface area contributed by atoms with E-state index >= 15 is 0 Å². The van der Waals surface area contributed by atoms with Gasteiger partial charge >= 0.3 is 12.2 Å². The van der Waals surface area contributed by atoms with Gasteiger partial charge < -0.3 is 9.47 Å². The van der Waals surface area contributed by atoms with Crippen LogP contribution in [0.4, 0.5) is 21.0 Å². The average molecular weight is 431 g/mol. The molecule has 2 amide bonds. The van der Waals surface area contributed by atoms with Crippen molar-refractivity contribution in [1.29, 1.82) is 0 Å². The van der Waals surface area contributed by atoms with Crippen LogP contribution in [-0.2, 0) is 9.47 Å². The van der Waals surface area contributed by atoms with E-state index < -0.39 is 17.8 Å². The highest BCUT2D eigenvalue weighted by Crippen LogP contribution is 2.44. The van der Waals surface area contributed by atoms with E-state index in [4.69, 9.17) is 9.47 Å². The van der Waals surface area contributed by atoms with E-state index in [2.05, 4.69) is 34.9 Å². The van der Waals surface area contributed by atoms with Crippen molar-refractivity contribution in [3.8, 4) is 11.1 Å². The summed E-state index contributed by atoms with van der Waals surface area (Å²) in [4.78, 5) is 24.4. The third-order valence-electron chi connectivity index (χ3n) is 5.10. The quantitative estimate of drug-likeness (QED) is 0.502. The fraction of sp³-hybridized carbons (Fsp3) is 0.231. The smallest absolute Gasteiger partial charge is 0.412 e. The average Bonchev–Trinajstić information content (AvgIpc) is 3.05. The minimum absolute atomic E-state index is 0.00619. The molecule has 164 valence electrons. The number of anilines is 2. The molecule has 1 aliphatic rings. The Morgan fingerprint density at radius 3 is 1.88 bits per heavy atom. The molecule has 0 atom stereocenters. The second-order valence-electron chi connectivity index (χ2n) is 8.66. The lowest BCUT2D eigenvalue weighted by molar-refractivity contribution is 0.0636. The highest BCUT2D eigenvalue weighted by atomic mass is 16.6. The SMILES string of the molecule is CC(C)(C)OC(=O)Nc1cccc(NC(=O)OCC2c3ccccc3-c3ccccc32)c1. The minimum atomic E-state index is -0.596. The van der Waals surface area contributed by atoms with Crippen LogP contribution in [0.1, 0.15) is 37.8 Å². The van der Waals surface area contributed by atoms with Gasteiger partial charge in [0.25, 0.3) is 0 Å². The van der Waals surface area contributed by atoms with E-state index in [9.17, 15) is 9.59 Å². The van der Waals surface area contributed by atoms with E-state index in [1.54, 1.807) is 45.0 Å². The fourth-order valence-electron chi connectivity index (χ4n) is 3.85. The van der Waals surface area contributed by atoms with Gasteiger partial charge in [0.15, 0.2) is 0 Å². The molecule has 0 spiro atoms. The van der Waals surface area contributed by atoms with Gasteiger partial charge in [-0.15, -0.1) is 0 Å². The van der Waals surface area contributed by atoms with Crippen LogP contribution in [0.2, 0.25) is 0 Å². The third kappa shape index (κ3) is 4.91. The van der Waals surface area contributed by atoms with Gasteiger partial charge in [-0.3, -0.25) is 10.6 Å². The van der Waals surface area contributed by atoms with Crippen molar-refractivity contribution in [2.45, 2.75) is 32.3 Å². The molecule has 4 rings (SSSR count). The first kappa shape index (κ1) is 21.4. The molecule has 6 heteroatoms. The Bertz CT molecular complexity index is 1100. The van der Waals surface area contributed by atoms with Gasteiger partial charge in [0.2, 0.25) is 0 Å². The standard InChI is InChI=1S/C26H26N2O4/c1-26(2,3)32-25(30)28-18-10-8-9-17(15-18)27-24(29)31-16-23-21-13-6-4-11-19(21)20-12-5-7-14-22(20)23/h4-15,23H,16H2,1-3H3,(H,27,29)(H,28,30). The van der Waals surface area contributed by atoms with Gasteiger partial charge in [-0.2, -0.15) is 0 Å². The summed E-state index contributed by atoms with van der Waals surface area (Å²) in [6.07, 6.45) is -1.11. The van der Waals surface area contributed by atoms with Crippen molar-refractivity contribution in [1.82, 2.24) is 0 Å². The summed E-state index contributed by atoms with van der Waals surface area (Å²) in [6, 6.07) is 23.2. The number of hydrogen-bond donors (Lipinski definition) is 2. The molecule has 0 aliphatic heterocycles. The van der Waals surface area contributed by atoms with Crippen molar-refractivity contribution in [2.75, 3.05) is 17.2 Å². The topological polar surface area (TPSA) is 76.7 Å². The molecule has 0 radical (unpaired) electrons. The number of nitrogens with one attached hydrogen (secondary N) is 2. The molecule has 2 N–H and O–H groups in total. The summed E-state index contributed by atoms with van der Waals surface area (Å²) >= 11 is 0. The maximum atomic E-state index is 12.5. The van der Waals surface area contributed by atoms with E-state index in [0.29, 0.717) is 11.4 Å². The first-order valence-electron chi connectivity index (χ1n) is 10.5. The lowest BCUT2D eigenvalue weighted by Gasteiger charge is -2.19. The highest BCUT2D eigenvalue weighted by Gasteiger charge is 2.29. The first-order chi connectivity index (χ1) is 15.3. The van der Waals surface area contributed by atoms with Crippen molar-refractivity contribution in [3.63, 3.8) is 0 Å². The van der Waals surface area contributed by atoms with E-state index in [0.717, 1.165) is 11.1 Å². The molecule has 0 aromatic heterocycles. The Hall–Kier alpha value is -3.80. The van der Waals surface area contributed by atoms with Crippen LogP contribution in [0.25, 0.3) is 11.1 Å². The maximum Gasteiger partial charge on any atom is 0.412 e. The van der Waals surface area contributed by atoms with E-state index in [1.165, 1.54) is 11.1 Å². The Kier molecular flexibility index (Phi) is 5.86. The number of fused-ring (bicyclic) bond motifs is 3. The fourth-order valence-corrected chi connectivity index (χ4v) is 3.85. The summed E-state index contributed by atoms with van der Waals surface area (Å²) in [7, 11) is 0. The molecular formula is C26H26N2O4. The molecule has 6 nitrogen and oxygen atoms in total. The van der Waals surface area contributed by atoms with Crippen molar-refractivity contribution >= 4 is 23.6 Å². The molecule has 0 heterocycles. The monoisotopic (exact) mass is 430 g/mol. The number of amides is 2. The van der Waals surface area contributed by atoms with Crippen molar-refractivity contribution in [2.24, 2.45) is 0 Å². The summed E-state index contributed by atoms with van der Waals surface area (Å²) in [5, 5.41) is 5.38. The molecule has 3 aromatic rings. The summed E-state index contributed by atoms with van der Waals surface area (Å²) in [6.45, 7) is 5.61. The Balaban J connectivity index is 1.38. The van der Waals surface area contributed by atoms with Gasteiger partial charge in [-0.1, -0.05) is 54.6 Å². The second kappa shape index (κ2) is 8.75. The van der Waals surface area contributed by atoms with Gasteiger partial charge in [-0.05, 0) is 61.2 Å². The van der Waals surface area contributed by atoms with Crippen LogP contribution in [-0.4, -0.2) is 24.4 Å². The molecule has 0 unspecified atom stereocenters. The summed E-state index contributed by atoms with van der Waals surface area (Å²) < 4.78 is 10.8. The minimum Gasteiger partial charge on any atom is -0.448 e. The zero-order valence-corrected chi connectivity index (χ0v) is 18.3. The Labute approximate surface area is 187 Å². The number of carbonyl (C=O) groups excluding carboxylic acids is 2. The predicted octanol–water partition coefficient (Wildman–Crippen LogP) is 6.39. The summed E-state index contributed by atoms with van der Waals surface area (Å²) in [5.41, 5.74) is 5.10. The van der Waals surface area contributed by atoms with Gasteiger partial charge in [0.05, 0.1) is 0 Å². The zero-order valence-electron chi connectivity index (χ0n) is 18.3. The molecular weight excluding hydrogens is 404 g/mol. The zero-order chi connectivity index (χ0) is 22.7. The van der Waals surface area contributed by atoms with Crippen LogP contribution in [0, 0.1) is 0 Å². The van der Waals surface area contributed by atoms with Crippen molar-refractivity contribution < 1.29 is 19.1 Å². The lowest BCUT2D eigenvalue weighted by Crippen LogP contribution is -2.27. The van der Waals surface area contributed by atoms with E-state index in [-0.39, 0.29) is 12.5 Å². The second-order valence-corrected chi connectivity index (χ2v) is 8.66. The molecule has 0 bridgehead atoms. The number of hydrogen-bond acceptors (Lipinski definition) is 4. The Morgan fingerprint density at radius 1 is 0.781 bits per heavy atom. The molecule has 0 saturated carbocycles. The molecule has 1 aliphatic carbocycles. The van der Waals surface area contributed by atoms with Crippen LogP contribution in [0.3, 0.4) is 0 Å². The van der Waals surface area contributed by atoms with Crippen LogP contribution in [0.5, 0.6) is 0 Å². The normalized spacial score (nSPS) is 12.5. The summed E-state index contributed by atoms with van der Waals surface area (Å²) in [5.74, 6) is -0.00619. The number of rotatable bonds is 4. The van der Waals surface area contributed by atoms with Crippen LogP contribution < -0.4 is 10.6 Å². The Morgan fingerprint density at radius 2 is 1.31 bits per heavy atom. The van der Waals surface area contributed by atoms with Crippen molar-refractivity contribution in [3.05, 3.63) is 83.9 Å². The molecule has 3 aromatic carbocycles. The first-order valence-corrected chi connectivity index (χ1v) is 10.5. The maximum absolute atomic E-state index is 12.5. The molecule has 32 heavy (non-hydrogen) atoms. The highest BCUT2D eigenvalue weighted by molar-refractivity contribution is 5.89. The van der Waals surface area contributed by atoms with Gasteiger partial charge in [0.1, 0.15) is 12.2 Å². The number of carbonyl (C=O) groups is 2. The predicted molar refractivity (Wildman–Crippen MR) is 125 cm³/mol. The third-order valence-corrected chi connectivity index (χ3v) is 5.10. The van der Waals surface area contributed by atoms with E-state index in [1.807, 2.05) is 24.3 Å². The van der Waals surface area contributed by atoms with Crippen LogP contribution in [0.15, 0.2) is 72.8 Å². The van der Waals surface area contributed by atoms with Gasteiger partial charge in [-0.25, -0.2) is 9.59 Å². The lowest BCUT2D eigenvalue weighted by atomic mass is 9.98. The largest absolute Gasteiger partial charge is 0.448 e. The number of ether oxygens (including phenoxy) is 2. The van der Waals surface area contributed by atoms with Crippen LogP contribution >= 0.6 is 0 Å².